The molecule has 0 spiro atoms. The maximum atomic E-state index is 12.3. The lowest BCUT2D eigenvalue weighted by molar-refractivity contribution is -0.401. The molecule has 0 radical (unpaired) electrons. The van der Waals surface area contributed by atoms with E-state index in [1.807, 2.05) is 61.5 Å². The summed E-state index contributed by atoms with van der Waals surface area (Å²) in [7, 11) is 1.57. The molecule has 0 fully saturated rings. The lowest BCUT2D eigenvalue weighted by Crippen LogP contribution is -2.03. The van der Waals surface area contributed by atoms with Gasteiger partial charge in [-0.15, -0.1) is 0 Å². The summed E-state index contributed by atoms with van der Waals surface area (Å²) in [5.74, 6) is 0.381. The summed E-state index contributed by atoms with van der Waals surface area (Å²) in [6, 6.07) is 47.2. The SMILES string of the molecule is COc1ccc(/C=C/[N+](=O)[O-])cc1.Cc1ccc(/C=C/[N+](=O)[O-])cc1.O=[N+]([O-])/C=C/c1ccc(Br)cc1.O=[N+]([O-])/C=C/c1ccc(C(F)(F)F)cc1.O=[N+]([O-])/C=C/c1ccc(Cl)cc1.O=[N+]([O-])/C=C/c1ccc(F)cc1.O=[N+]([O-])/C=C/c1ccccc1. The van der Waals surface area contributed by atoms with Gasteiger partial charge < -0.3 is 4.74 Å². The van der Waals surface area contributed by atoms with E-state index < -0.39 is 46.2 Å². The fraction of sp³-hybridized carbons (Fsp3) is 0.0508. The van der Waals surface area contributed by atoms with E-state index in [1.54, 1.807) is 79.9 Å². The van der Waals surface area contributed by atoms with Crippen molar-refractivity contribution in [3.05, 3.63) is 356 Å². The van der Waals surface area contributed by atoms with Crippen molar-refractivity contribution in [3.8, 4) is 5.75 Å². The first-order valence-corrected chi connectivity index (χ1v) is 25.2. The van der Waals surface area contributed by atoms with Crippen LogP contribution < -0.4 is 4.74 Å². The average molecular weight is 1290 g/mol. The van der Waals surface area contributed by atoms with Crippen LogP contribution in [0.2, 0.25) is 5.02 Å². The van der Waals surface area contributed by atoms with Gasteiger partial charge in [0.15, 0.2) is 0 Å². The summed E-state index contributed by atoms with van der Waals surface area (Å²) in [5, 5.41) is 70.2. The summed E-state index contributed by atoms with van der Waals surface area (Å²) in [4.78, 5) is 65.9. The van der Waals surface area contributed by atoms with Crippen molar-refractivity contribution in [3.63, 3.8) is 0 Å². The zero-order valence-electron chi connectivity index (χ0n) is 45.3. The summed E-state index contributed by atoms with van der Waals surface area (Å²) >= 11 is 8.88. The molecule has 28 heteroatoms. The Morgan fingerprint density at radius 3 is 0.931 bits per heavy atom. The zero-order valence-corrected chi connectivity index (χ0v) is 47.7. The Morgan fingerprint density at radius 2 is 0.644 bits per heavy atom. The molecule has 22 nitrogen and oxygen atoms in total. The van der Waals surface area contributed by atoms with Crippen LogP contribution in [-0.2, 0) is 6.18 Å². The molecule has 7 aromatic carbocycles. The van der Waals surface area contributed by atoms with Crippen LogP contribution in [0.4, 0.5) is 17.6 Å². The molecule has 0 heterocycles. The Kier molecular flexibility index (Phi) is 35.4. The molecular formula is C59H49BrClF4N7O15. The van der Waals surface area contributed by atoms with Gasteiger partial charge in [0, 0.05) is 52.0 Å². The molecular weight excluding hydrogens is 1240 g/mol. The molecule has 0 aliphatic rings. The van der Waals surface area contributed by atoms with E-state index in [1.165, 1.54) is 72.9 Å². The van der Waals surface area contributed by atoms with Gasteiger partial charge in [-0.25, -0.2) is 4.39 Å². The topological polar surface area (TPSA) is 311 Å². The maximum absolute atomic E-state index is 12.3. The van der Waals surface area contributed by atoms with Crippen LogP contribution in [0.3, 0.4) is 0 Å². The highest BCUT2D eigenvalue weighted by Crippen LogP contribution is 2.29. The van der Waals surface area contributed by atoms with E-state index in [9.17, 15) is 88.4 Å². The number of aryl methyl sites for hydroxylation is 1. The van der Waals surface area contributed by atoms with Crippen molar-refractivity contribution in [1.29, 1.82) is 0 Å². The normalized spacial score (nSPS) is 10.6. The first kappa shape index (κ1) is 73.8. The molecule has 87 heavy (non-hydrogen) atoms. The number of halogens is 6. The van der Waals surface area contributed by atoms with Gasteiger partial charge in [0.1, 0.15) is 11.6 Å². The van der Waals surface area contributed by atoms with Crippen LogP contribution in [-0.4, -0.2) is 41.6 Å². The predicted octanol–water partition coefficient (Wildman–Crippen LogP) is 16.4. The molecule has 0 N–H and O–H groups in total. The summed E-state index contributed by atoms with van der Waals surface area (Å²) in [5.41, 5.74) is 5.35. The predicted molar refractivity (Wildman–Crippen MR) is 326 cm³/mol. The van der Waals surface area contributed by atoms with Gasteiger partial charge in [0.25, 0.3) is 0 Å². The number of alkyl halides is 3. The monoisotopic (exact) mass is 1290 g/mol. The third kappa shape index (κ3) is 39.8. The molecule has 452 valence electrons. The highest BCUT2D eigenvalue weighted by molar-refractivity contribution is 9.10. The molecule has 0 atom stereocenters. The van der Waals surface area contributed by atoms with Gasteiger partial charge >= 0.3 is 6.18 Å². The van der Waals surface area contributed by atoms with E-state index in [-0.39, 0.29) is 5.82 Å². The number of hydrogen-bond donors (Lipinski definition) is 0. The molecule has 0 aromatic heterocycles. The Balaban J connectivity index is 0.000000508. The zero-order chi connectivity index (χ0) is 65.2. The maximum Gasteiger partial charge on any atom is 0.416 e. The summed E-state index contributed by atoms with van der Waals surface area (Å²) in [6.07, 6.45) is 11.3. The number of nitrogens with zero attached hydrogens (tertiary/aromatic N) is 7. The lowest BCUT2D eigenvalue weighted by Gasteiger charge is -2.05. The third-order valence-electron chi connectivity index (χ3n) is 9.56. The second kappa shape index (κ2) is 41.7. The smallest absolute Gasteiger partial charge is 0.416 e. The van der Waals surface area contributed by atoms with Crippen molar-refractivity contribution in [1.82, 2.24) is 0 Å². The number of ether oxygens (including phenoxy) is 1. The minimum Gasteiger partial charge on any atom is -0.497 e. The first-order chi connectivity index (χ1) is 41.1. The number of hydrogen-bond acceptors (Lipinski definition) is 15. The van der Waals surface area contributed by atoms with Crippen molar-refractivity contribution < 1.29 is 56.8 Å². The highest BCUT2D eigenvalue weighted by Gasteiger charge is 2.29. The van der Waals surface area contributed by atoms with Crippen LogP contribution in [0.1, 0.15) is 50.1 Å². The minimum atomic E-state index is -4.38. The summed E-state index contributed by atoms with van der Waals surface area (Å²) in [6.45, 7) is 1.97. The highest BCUT2D eigenvalue weighted by atomic mass is 79.9. The van der Waals surface area contributed by atoms with Gasteiger partial charge in [0.2, 0.25) is 43.4 Å². The molecule has 7 rings (SSSR count). The fourth-order valence-electron chi connectivity index (χ4n) is 5.49. The Labute approximate surface area is 506 Å². The first-order valence-electron chi connectivity index (χ1n) is 24.1. The van der Waals surface area contributed by atoms with Gasteiger partial charge in [0.05, 0.1) is 47.1 Å². The second-order valence-electron chi connectivity index (χ2n) is 16.1. The number of methoxy groups -OCH3 is 1. The van der Waals surface area contributed by atoms with Crippen LogP contribution in [0.25, 0.3) is 42.5 Å². The van der Waals surface area contributed by atoms with Crippen LogP contribution in [0, 0.1) is 83.5 Å². The largest absolute Gasteiger partial charge is 0.497 e. The number of nitro groups is 7. The molecule has 0 aliphatic carbocycles. The molecule has 0 bridgehead atoms. The van der Waals surface area contributed by atoms with E-state index in [0.717, 1.165) is 99.0 Å². The van der Waals surface area contributed by atoms with Crippen LogP contribution in [0.5, 0.6) is 5.75 Å². The summed E-state index contributed by atoms with van der Waals surface area (Å²) < 4.78 is 54.5. The molecule has 7 aromatic rings. The van der Waals surface area contributed by atoms with E-state index in [4.69, 9.17) is 16.3 Å². The van der Waals surface area contributed by atoms with E-state index in [0.29, 0.717) is 22.3 Å². The number of rotatable bonds is 15. The van der Waals surface area contributed by atoms with Crippen LogP contribution in [0.15, 0.2) is 224 Å². The second-order valence-corrected chi connectivity index (χ2v) is 17.4. The van der Waals surface area contributed by atoms with Crippen molar-refractivity contribution in [2.45, 2.75) is 13.1 Å². The standard InChI is InChI=1S/C9H6F3NO2.C9H9NO3.C9H9NO2.C8H6BrNO2.C8H6ClNO2.C8H6FNO2.C8H7NO2/c10-9(11,12)8-3-1-7(2-4-8)5-6-13(14)15;1-13-9-4-2-8(3-5-9)6-7-10(11)12;1-8-2-4-9(5-3-8)6-7-10(11)12;3*9-8-3-1-7(2-4-8)5-6-10(11)12;10-9(11)7-6-8-4-2-1-3-5-8/h1-6H;2-7H,1H3;2-7H,1H3;3*1-6H;1-7H/b6-5+;2*7-6+;3*6-5+;7-6+. The van der Waals surface area contributed by atoms with Crippen molar-refractivity contribution in [2.75, 3.05) is 7.11 Å². The average Bonchev–Trinajstić information content (AvgIpc) is 3.56. The van der Waals surface area contributed by atoms with E-state index >= 15 is 0 Å². The number of benzene rings is 7. The fourth-order valence-corrected chi connectivity index (χ4v) is 5.88. The molecule has 0 saturated carbocycles. The molecule has 0 saturated heterocycles. The van der Waals surface area contributed by atoms with Gasteiger partial charge in [-0.1, -0.05) is 148 Å². The Morgan fingerprint density at radius 1 is 0.391 bits per heavy atom. The Bertz CT molecular complexity index is 3240. The van der Waals surface area contributed by atoms with Crippen molar-refractivity contribution >= 4 is 70.1 Å². The van der Waals surface area contributed by atoms with Gasteiger partial charge in [-0.2, -0.15) is 13.2 Å². The molecule has 0 amide bonds. The molecule has 0 unspecified atom stereocenters. The van der Waals surface area contributed by atoms with Crippen molar-refractivity contribution in [2.24, 2.45) is 0 Å². The Hall–Kier alpha value is -11.2. The third-order valence-corrected chi connectivity index (χ3v) is 10.3. The quantitative estimate of drug-likeness (QED) is 0.0523. The lowest BCUT2D eigenvalue weighted by atomic mass is 10.1. The van der Waals surface area contributed by atoms with Gasteiger partial charge in [-0.3, -0.25) is 70.8 Å². The van der Waals surface area contributed by atoms with E-state index in [2.05, 4.69) is 15.9 Å². The van der Waals surface area contributed by atoms with Gasteiger partial charge in [-0.05, 0) is 107 Å². The molecule has 0 aliphatic heterocycles. The van der Waals surface area contributed by atoms with Crippen LogP contribution >= 0.6 is 27.5 Å². The minimum absolute atomic E-state index is 0.347.